The highest BCUT2D eigenvalue weighted by Crippen LogP contribution is 2.33. The van der Waals surface area contributed by atoms with Gasteiger partial charge in [-0.1, -0.05) is 65.5 Å². The summed E-state index contributed by atoms with van der Waals surface area (Å²) in [5.41, 5.74) is 1.69. The number of thiophene rings is 1. The Morgan fingerprint density at radius 2 is 2.06 bits per heavy atom. The number of aromatic nitrogens is 1. The van der Waals surface area contributed by atoms with Gasteiger partial charge in [0.1, 0.15) is 10.0 Å². The van der Waals surface area contributed by atoms with E-state index in [1.54, 1.807) is 16.2 Å². The molecule has 0 spiro atoms. The molecule has 1 aliphatic rings. The molecule has 2 aromatic heterocycles. The summed E-state index contributed by atoms with van der Waals surface area (Å²) in [4.78, 5) is 28.0. The Kier molecular flexibility index (Phi) is 6.96. The maximum Gasteiger partial charge on any atom is 0.266 e. The summed E-state index contributed by atoms with van der Waals surface area (Å²) in [6.45, 7) is 0.684. The smallest absolute Gasteiger partial charge is 0.266 e. The largest absolute Gasteiger partial charge is 0.359 e. The zero-order valence-corrected chi connectivity index (χ0v) is 18.9. The van der Waals surface area contributed by atoms with Crippen LogP contribution in [-0.2, 0) is 16.1 Å². The lowest BCUT2D eigenvalue weighted by Crippen LogP contribution is -2.30. The molecule has 2 amide bonds. The second-order valence-electron chi connectivity index (χ2n) is 6.77. The van der Waals surface area contributed by atoms with E-state index in [0.29, 0.717) is 34.4 Å². The Labute approximate surface area is 193 Å². The number of thiocarbonyl (C=S) groups is 1. The minimum absolute atomic E-state index is 0.0982. The van der Waals surface area contributed by atoms with Crippen LogP contribution in [0.3, 0.4) is 0 Å². The van der Waals surface area contributed by atoms with Gasteiger partial charge in [-0.15, -0.1) is 11.3 Å². The van der Waals surface area contributed by atoms with E-state index in [1.807, 2.05) is 60.0 Å². The number of nitrogens with one attached hydrogen (secondary N) is 1. The number of nitrogens with zero attached hydrogens (tertiary/aromatic N) is 2. The first-order valence-electron chi connectivity index (χ1n) is 9.67. The van der Waals surface area contributed by atoms with Crippen LogP contribution in [0.15, 0.2) is 63.3 Å². The van der Waals surface area contributed by atoms with Crippen LogP contribution in [0.2, 0.25) is 0 Å². The van der Waals surface area contributed by atoms with Gasteiger partial charge in [0.25, 0.3) is 5.91 Å². The molecular formula is C22H19N3O3S3. The SMILES string of the molecule is O=C(CCCN1C(=O)/C(=C/c2cccs2)SC1=S)NCc1cc(-c2ccccc2)no1. The van der Waals surface area contributed by atoms with Crippen LogP contribution < -0.4 is 5.32 Å². The van der Waals surface area contributed by atoms with Crippen molar-refractivity contribution in [3.8, 4) is 11.3 Å². The van der Waals surface area contributed by atoms with Gasteiger partial charge in [-0.25, -0.2) is 0 Å². The molecule has 4 rings (SSSR count). The predicted octanol–water partition coefficient (Wildman–Crippen LogP) is 4.70. The van der Waals surface area contributed by atoms with Crippen LogP contribution in [-0.4, -0.2) is 32.7 Å². The van der Waals surface area contributed by atoms with Crippen molar-refractivity contribution in [2.24, 2.45) is 0 Å². The molecule has 1 fully saturated rings. The van der Waals surface area contributed by atoms with E-state index in [9.17, 15) is 9.59 Å². The van der Waals surface area contributed by atoms with Crippen molar-refractivity contribution in [2.45, 2.75) is 19.4 Å². The van der Waals surface area contributed by atoms with Gasteiger partial charge in [0.2, 0.25) is 5.91 Å². The molecular weight excluding hydrogens is 450 g/mol. The first-order chi connectivity index (χ1) is 15.1. The zero-order valence-electron chi connectivity index (χ0n) is 16.4. The summed E-state index contributed by atoms with van der Waals surface area (Å²) >= 11 is 8.21. The van der Waals surface area contributed by atoms with Crippen molar-refractivity contribution in [2.75, 3.05) is 6.54 Å². The summed E-state index contributed by atoms with van der Waals surface area (Å²) in [6.07, 6.45) is 2.68. The highest BCUT2D eigenvalue weighted by molar-refractivity contribution is 8.26. The summed E-state index contributed by atoms with van der Waals surface area (Å²) < 4.78 is 5.83. The van der Waals surface area contributed by atoms with Gasteiger partial charge in [-0.2, -0.15) is 0 Å². The number of hydrogen-bond acceptors (Lipinski definition) is 7. The number of amides is 2. The van der Waals surface area contributed by atoms with Crippen LogP contribution in [0.4, 0.5) is 0 Å². The number of rotatable bonds is 8. The average Bonchev–Trinajstić information content (AvgIpc) is 3.51. The topological polar surface area (TPSA) is 75.4 Å². The molecule has 0 radical (unpaired) electrons. The van der Waals surface area contributed by atoms with Gasteiger partial charge in [0.05, 0.1) is 11.4 Å². The number of hydrogen-bond donors (Lipinski definition) is 1. The first-order valence-corrected chi connectivity index (χ1v) is 11.8. The molecule has 6 nitrogen and oxygen atoms in total. The molecule has 0 aliphatic carbocycles. The Balaban J connectivity index is 1.22. The van der Waals surface area contributed by atoms with Crippen LogP contribution in [0, 0.1) is 0 Å². The quantitative estimate of drug-likeness (QED) is 0.381. The molecule has 3 aromatic rings. The van der Waals surface area contributed by atoms with Crippen molar-refractivity contribution < 1.29 is 14.1 Å². The van der Waals surface area contributed by atoms with Crippen molar-refractivity contribution in [3.05, 3.63) is 69.5 Å². The van der Waals surface area contributed by atoms with Crippen molar-refractivity contribution in [1.29, 1.82) is 0 Å². The number of benzene rings is 1. The molecule has 9 heteroatoms. The average molecular weight is 470 g/mol. The molecule has 1 aromatic carbocycles. The molecule has 1 N–H and O–H groups in total. The minimum atomic E-state index is -0.114. The molecule has 0 saturated carbocycles. The monoisotopic (exact) mass is 469 g/mol. The normalized spacial score (nSPS) is 15.1. The molecule has 0 unspecified atom stereocenters. The maximum absolute atomic E-state index is 12.6. The van der Waals surface area contributed by atoms with E-state index < -0.39 is 0 Å². The van der Waals surface area contributed by atoms with E-state index in [1.165, 1.54) is 11.8 Å². The van der Waals surface area contributed by atoms with Gasteiger partial charge in [0.15, 0.2) is 5.76 Å². The van der Waals surface area contributed by atoms with E-state index in [0.717, 1.165) is 16.1 Å². The van der Waals surface area contributed by atoms with E-state index in [2.05, 4.69) is 10.5 Å². The van der Waals surface area contributed by atoms with Crippen molar-refractivity contribution in [1.82, 2.24) is 15.4 Å². The number of carbonyl (C=O) groups is 2. The Morgan fingerprint density at radius 1 is 1.23 bits per heavy atom. The summed E-state index contributed by atoms with van der Waals surface area (Å²) in [5, 5.41) is 8.83. The lowest BCUT2D eigenvalue weighted by Gasteiger charge is -2.13. The van der Waals surface area contributed by atoms with E-state index >= 15 is 0 Å². The van der Waals surface area contributed by atoms with Gasteiger partial charge in [-0.05, 0) is 23.9 Å². The number of thioether (sulfide) groups is 1. The second-order valence-corrected chi connectivity index (χ2v) is 9.43. The summed E-state index contributed by atoms with van der Waals surface area (Å²) in [5.74, 6) is 0.374. The molecule has 158 valence electrons. The standard InChI is InChI=1S/C22H19N3O3S3/c26-20(23-14-16-12-18(24-28-16)15-6-2-1-3-7-15)9-4-10-25-21(27)19(31-22(25)29)13-17-8-5-11-30-17/h1-3,5-8,11-13H,4,9-10,14H2,(H,23,26)/b19-13-. The van der Waals surface area contributed by atoms with Gasteiger partial charge in [0, 0.05) is 29.5 Å². The van der Waals surface area contributed by atoms with Crippen LogP contribution >= 0.6 is 35.3 Å². The summed E-state index contributed by atoms with van der Waals surface area (Å²) in [7, 11) is 0. The third-order valence-electron chi connectivity index (χ3n) is 4.56. The van der Waals surface area contributed by atoms with Crippen LogP contribution in [0.25, 0.3) is 17.3 Å². The third-order valence-corrected chi connectivity index (χ3v) is 6.76. The van der Waals surface area contributed by atoms with Crippen LogP contribution in [0.5, 0.6) is 0 Å². The molecule has 31 heavy (non-hydrogen) atoms. The molecule has 0 bridgehead atoms. The minimum Gasteiger partial charge on any atom is -0.359 e. The van der Waals surface area contributed by atoms with E-state index in [-0.39, 0.29) is 18.4 Å². The van der Waals surface area contributed by atoms with Gasteiger partial charge >= 0.3 is 0 Å². The van der Waals surface area contributed by atoms with Crippen molar-refractivity contribution in [3.63, 3.8) is 0 Å². The third kappa shape index (κ3) is 5.49. The molecule has 1 saturated heterocycles. The number of carbonyl (C=O) groups excluding carboxylic acids is 2. The lowest BCUT2D eigenvalue weighted by molar-refractivity contribution is -0.124. The maximum atomic E-state index is 12.6. The fraction of sp³-hybridized carbons (Fsp3) is 0.182. The van der Waals surface area contributed by atoms with E-state index in [4.69, 9.17) is 16.7 Å². The Morgan fingerprint density at radius 3 is 2.84 bits per heavy atom. The highest BCUT2D eigenvalue weighted by atomic mass is 32.2. The fourth-order valence-corrected chi connectivity index (χ4v) is 5.04. The zero-order chi connectivity index (χ0) is 21.6. The van der Waals surface area contributed by atoms with Gasteiger partial charge in [-0.3, -0.25) is 14.5 Å². The molecule has 3 heterocycles. The predicted molar refractivity (Wildman–Crippen MR) is 127 cm³/mol. The molecule has 0 atom stereocenters. The Bertz CT molecular complexity index is 1110. The highest BCUT2D eigenvalue weighted by Gasteiger charge is 2.31. The van der Waals surface area contributed by atoms with Gasteiger partial charge < -0.3 is 9.84 Å². The first kappa shape index (κ1) is 21.5. The lowest BCUT2D eigenvalue weighted by atomic mass is 10.1. The van der Waals surface area contributed by atoms with Crippen LogP contribution in [0.1, 0.15) is 23.5 Å². The van der Waals surface area contributed by atoms with Crippen molar-refractivity contribution >= 4 is 57.5 Å². The fourth-order valence-electron chi connectivity index (χ4n) is 3.01. The molecule has 1 aliphatic heterocycles. The summed E-state index contributed by atoms with van der Waals surface area (Å²) in [6, 6.07) is 15.4. The Hall–Kier alpha value is -2.75. The second kappa shape index (κ2) is 10.0.